The predicted octanol–water partition coefficient (Wildman–Crippen LogP) is 5.22. The molecule has 162 valence electrons. The standard InChI is InChI=1S/C24H26N2O4S/c1-15-6-8-16(9-7-15)22-26-19(14-31-22)23(28)30-13-21(27)25-18-12-17(24(2,3)4)10-11-20(18)29-5/h6-12,14H,13H2,1-5H3,(H,25,27). The zero-order valence-electron chi connectivity index (χ0n) is 18.3. The molecule has 7 heteroatoms. The van der Waals surface area contributed by atoms with Gasteiger partial charge >= 0.3 is 5.97 Å². The van der Waals surface area contributed by atoms with Crippen LogP contribution in [0.4, 0.5) is 5.69 Å². The fraction of sp³-hybridized carbons (Fsp3) is 0.292. The first-order chi connectivity index (χ1) is 14.7. The highest BCUT2D eigenvalue weighted by Crippen LogP contribution is 2.31. The van der Waals surface area contributed by atoms with Crippen molar-refractivity contribution >= 4 is 28.9 Å². The number of ether oxygens (including phenoxy) is 2. The molecule has 0 radical (unpaired) electrons. The zero-order chi connectivity index (χ0) is 22.6. The van der Waals surface area contributed by atoms with Gasteiger partial charge in [-0.1, -0.05) is 56.7 Å². The van der Waals surface area contributed by atoms with E-state index in [1.807, 2.05) is 49.4 Å². The van der Waals surface area contributed by atoms with E-state index in [0.717, 1.165) is 21.7 Å². The third-order valence-corrected chi connectivity index (χ3v) is 5.58. The van der Waals surface area contributed by atoms with E-state index in [1.165, 1.54) is 18.4 Å². The summed E-state index contributed by atoms with van der Waals surface area (Å²) in [6.45, 7) is 7.84. The van der Waals surface area contributed by atoms with E-state index in [4.69, 9.17) is 9.47 Å². The highest BCUT2D eigenvalue weighted by Gasteiger charge is 2.18. The third-order valence-electron chi connectivity index (χ3n) is 4.69. The second kappa shape index (κ2) is 9.31. The fourth-order valence-corrected chi connectivity index (χ4v) is 3.66. The molecule has 0 atom stereocenters. The number of hydrogen-bond acceptors (Lipinski definition) is 6. The van der Waals surface area contributed by atoms with Crippen molar-refractivity contribution in [1.29, 1.82) is 0 Å². The average Bonchev–Trinajstić information content (AvgIpc) is 3.22. The maximum atomic E-state index is 12.4. The molecule has 1 amide bonds. The molecule has 3 aromatic rings. The molecule has 0 bridgehead atoms. The maximum absolute atomic E-state index is 12.4. The first-order valence-electron chi connectivity index (χ1n) is 9.85. The summed E-state index contributed by atoms with van der Waals surface area (Å²) in [6.07, 6.45) is 0. The smallest absolute Gasteiger partial charge is 0.358 e. The first kappa shape index (κ1) is 22.5. The van der Waals surface area contributed by atoms with E-state index in [-0.39, 0.29) is 11.1 Å². The number of benzene rings is 2. The molecule has 2 aromatic carbocycles. The van der Waals surface area contributed by atoms with Crippen LogP contribution in [0.3, 0.4) is 0 Å². The van der Waals surface area contributed by atoms with E-state index < -0.39 is 18.5 Å². The van der Waals surface area contributed by atoms with Crippen molar-refractivity contribution in [3.05, 3.63) is 64.7 Å². The molecule has 3 rings (SSSR count). The molecule has 1 N–H and O–H groups in total. The second-order valence-corrected chi connectivity index (χ2v) is 9.05. The number of rotatable bonds is 6. The van der Waals surface area contributed by atoms with E-state index in [9.17, 15) is 9.59 Å². The van der Waals surface area contributed by atoms with Crippen molar-refractivity contribution < 1.29 is 19.1 Å². The van der Waals surface area contributed by atoms with Crippen molar-refractivity contribution in [2.75, 3.05) is 19.0 Å². The lowest BCUT2D eigenvalue weighted by atomic mass is 9.87. The number of methoxy groups -OCH3 is 1. The largest absolute Gasteiger partial charge is 0.495 e. The van der Waals surface area contributed by atoms with Crippen LogP contribution in [0.5, 0.6) is 5.75 Å². The summed E-state index contributed by atoms with van der Waals surface area (Å²) in [4.78, 5) is 29.0. The molecule has 0 unspecified atom stereocenters. The Morgan fingerprint density at radius 3 is 2.45 bits per heavy atom. The number of nitrogens with one attached hydrogen (secondary N) is 1. The van der Waals surface area contributed by atoms with Gasteiger partial charge in [-0.2, -0.15) is 0 Å². The Balaban J connectivity index is 1.62. The minimum Gasteiger partial charge on any atom is -0.495 e. The van der Waals surface area contributed by atoms with Crippen LogP contribution in [0.25, 0.3) is 10.6 Å². The van der Waals surface area contributed by atoms with Crippen molar-refractivity contribution in [2.45, 2.75) is 33.1 Å². The first-order valence-corrected chi connectivity index (χ1v) is 10.7. The van der Waals surface area contributed by atoms with Crippen molar-refractivity contribution in [2.24, 2.45) is 0 Å². The summed E-state index contributed by atoms with van der Waals surface area (Å²) in [6, 6.07) is 13.5. The Morgan fingerprint density at radius 1 is 1.10 bits per heavy atom. The molecule has 31 heavy (non-hydrogen) atoms. The molecule has 0 saturated heterocycles. The van der Waals surface area contributed by atoms with Crippen LogP contribution in [0.15, 0.2) is 47.8 Å². The van der Waals surface area contributed by atoms with Gasteiger partial charge in [0.25, 0.3) is 5.91 Å². The lowest BCUT2D eigenvalue weighted by Crippen LogP contribution is -2.22. The highest BCUT2D eigenvalue weighted by atomic mass is 32.1. The highest BCUT2D eigenvalue weighted by molar-refractivity contribution is 7.13. The van der Waals surface area contributed by atoms with Gasteiger partial charge < -0.3 is 14.8 Å². The van der Waals surface area contributed by atoms with E-state index in [1.54, 1.807) is 5.38 Å². The number of nitrogens with zero attached hydrogens (tertiary/aromatic N) is 1. The third kappa shape index (κ3) is 5.70. The van der Waals surface area contributed by atoms with Gasteiger partial charge in [-0.25, -0.2) is 9.78 Å². The molecular weight excluding hydrogens is 412 g/mol. The number of thiazole rings is 1. The Hall–Kier alpha value is -3.19. The molecule has 6 nitrogen and oxygen atoms in total. The summed E-state index contributed by atoms with van der Waals surface area (Å²) in [7, 11) is 1.54. The molecule has 0 spiro atoms. The number of hydrogen-bond donors (Lipinski definition) is 1. The van der Waals surface area contributed by atoms with Crippen LogP contribution >= 0.6 is 11.3 Å². The molecule has 1 heterocycles. The Kier molecular flexibility index (Phi) is 6.75. The van der Waals surface area contributed by atoms with Crippen LogP contribution in [0.2, 0.25) is 0 Å². The number of esters is 1. The number of aryl methyl sites for hydroxylation is 1. The van der Waals surface area contributed by atoms with E-state index >= 15 is 0 Å². The summed E-state index contributed by atoms with van der Waals surface area (Å²) >= 11 is 1.35. The second-order valence-electron chi connectivity index (χ2n) is 8.19. The van der Waals surface area contributed by atoms with Crippen LogP contribution in [-0.4, -0.2) is 30.6 Å². The van der Waals surface area contributed by atoms with Gasteiger partial charge in [-0.15, -0.1) is 11.3 Å². The maximum Gasteiger partial charge on any atom is 0.358 e. The topological polar surface area (TPSA) is 77.5 Å². The Morgan fingerprint density at radius 2 is 1.81 bits per heavy atom. The van der Waals surface area contributed by atoms with Gasteiger partial charge in [0.15, 0.2) is 12.3 Å². The number of carbonyl (C=O) groups is 2. The molecule has 0 aliphatic carbocycles. The van der Waals surface area contributed by atoms with Crippen molar-refractivity contribution in [3.8, 4) is 16.3 Å². The van der Waals surface area contributed by atoms with Gasteiger partial charge in [-0.05, 0) is 30.0 Å². The van der Waals surface area contributed by atoms with Crippen molar-refractivity contribution in [3.63, 3.8) is 0 Å². The van der Waals surface area contributed by atoms with Crippen LogP contribution in [0, 0.1) is 6.92 Å². The fourth-order valence-electron chi connectivity index (χ4n) is 2.86. The molecule has 0 fully saturated rings. The minimum absolute atomic E-state index is 0.0853. The number of aromatic nitrogens is 1. The van der Waals surface area contributed by atoms with E-state index in [2.05, 4.69) is 31.1 Å². The molecule has 0 aliphatic rings. The molecule has 0 saturated carbocycles. The molecular formula is C24H26N2O4S. The number of amides is 1. The number of anilines is 1. The number of carbonyl (C=O) groups excluding carboxylic acids is 2. The summed E-state index contributed by atoms with van der Waals surface area (Å²) in [5, 5.41) is 5.11. The van der Waals surface area contributed by atoms with Crippen LogP contribution in [-0.2, 0) is 14.9 Å². The summed E-state index contributed by atoms with van der Waals surface area (Å²) < 4.78 is 10.5. The summed E-state index contributed by atoms with van der Waals surface area (Å²) in [5.41, 5.74) is 3.75. The summed E-state index contributed by atoms with van der Waals surface area (Å²) in [5.74, 6) is -0.554. The van der Waals surface area contributed by atoms with Gasteiger partial charge in [0.2, 0.25) is 0 Å². The predicted molar refractivity (Wildman–Crippen MR) is 123 cm³/mol. The van der Waals surface area contributed by atoms with Gasteiger partial charge in [-0.3, -0.25) is 4.79 Å². The van der Waals surface area contributed by atoms with Gasteiger partial charge in [0, 0.05) is 10.9 Å². The quantitative estimate of drug-likeness (QED) is 0.534. The lowest BCUT2D eigenvalue weighted by Gasteiger charge is -2.21. The monoisotopic (exact) mass is 438 g/mol. The Bertz CT molecular complexity index is 1080. The van der Waals surface area contributed by atoms with Crippen LogP contribution in [0.1, 0.15) is 42.4 Å². The SMILES string of the molecule is COc1ccc(C(C)(C)C)cc1NC(=O)COC(=O)c1csc(-c2ccc(C)cc2)n1. The minimum atomic E-state index is -0.639. The lowest BCUT2D eigenvalue weighted by molar-refractivity contribution is -0.119. The van der Waals surface area contributed by atoms with E-state index in [0.29, 0.717) is 11.4 Å². The molecule has 1 aromatic heterocycles. The normalized spacial score (nSPS) is 11.1. The average molecular weight is 439 g/mol. The molecule has 0 aliphatic heterocycles. The van der Waals surface area contributed by atoms with Gasteiger partial charge in [0.05, 0.1) is 12.8 Å². The zero-order valence-corrected chi connectivity index (χ0v) is 19.1. The van der Waals surface area contributed by atoms with Gasteiger partial charge in [0.1, 0.15) is 10.8 Å². The van der Waals surface area contributed by atoms with Crippen LogP contribution < -0.4 is 10.1 Å². The Labute approximate surface area is 186 Å². The van der Waals surface area contributed by atoms with Crippen molar-refractivity contribution in [1.82, 2.24) is 4.98 Å².